The van der Waals surface area contributed by atoms with Crippen molar-refractivity contribution in [2.75, 3.05) is 0 Å². The Morgan fingerprint density at radius 2 is 0.636 bits per heavy atom. The standard InChI is InChI=1S/C18H32O31S6/c1-4-8(44-50(21,22)23)7(19)11(47-53(30,31)32)17(40-4)43-13-10(46-52(27,28)29)6(3)41-18(15(13)49-55(36,37)38)42-12-9(45-51(24,25)26)5(2)39-16(20)14(12)48-54(33,34)35/h4-20H,1-3H3,(H,21,22,23)(H,24,25,26)(H,27,28,29)(H,30,31,32)(H,33,34,35)(H,36,37,38)/t4-,5-,6-,7+,8+,9+,10+,11-,12+,13+,14-,15-,16+,17-,18-/m0/s1. The van der Waals surface area contributed by atoms with Gasteiger partial charge < -0.3 is 33.9 Å². The van der Waals surface area contributed by atoms with Crippen LogP contribution in [0.2, 0.25) is 0 Å². The van der Waals surface area contributed by atoms with Gasteiger partial charge in [0.1, 0.15) is 36.6 Å². The fourth-order valence-corrected chi connectivity index (χ4v) is 8.44. The van der Waals surface area contributed by atoms with Gasteiger partial charge in [0, 0.05) is 0 Å². The van der Waals surface area contributed by atoms with Crippen LogP contribution >= 0.6 is 0 Å². The highest BCUT2D eigenvalue weighted by molar-refractivity contribution is 7.82. The van der Waals surface area contributed by atoms with Crippen LogP contribution in [0.4, 0.5) is 0 Å². The summed E-state index contributed by atoms with van der Waals surface area (Å²) >= 11 is 0. The number of aliphatic hydroxyl groups excluding tert-OH is 2. The molecule has 3 saturated heterocycles. The van der Waals surface area contributed by atoms with Crippen LogP contribution in [0.25, 0.3) is 0 Å². The summed E-state index contributed by atoms with van der Waals surface area (Å²) in [5, 5.41) is 21.2. The summed E-state index contributed by atoms with van der Waals surface area (Å²) < 4.78 is 250. The molecule has 0 amide bonds. The molecule has 0 aromatic heterocycles. The molecular weight excluding hydrogens is 905 g/mol. The summed E-state index contributed by atoms with van der Waals surface area (Å²) in [6.45, 7) is 2.57. The van der Waals surface area contributed by atoms with Gasteiger partial charge in [0.15, 0.2) is 37.2 Å². The monoisotopic (exact) mass is 936 g/mol. The molecule has 0 radical (unpaired) electrons. The Balaban J connectivity index is 2.24. The summed E-state index contributed by atoms with van der Waals surface area (Å²) in [7, 11) is -34.2. The van der Waals surface area contributed by atoms with Gasteiger partial charge in [-0.1, -0.05) is 0 Å². The Morgan fingerprint density at radius 1 is 0.364 bits per heavy atom. The molecule has 31 nitrogen and oxygen atoms in total. The summed E-state index contributed by atoms with van der Waals surface area (Å²) in [5.41, 5.74) is 0. The zero-order valence-electron chi connectivity index (χ0n) is 27.1. The Morgan fingerprint density at radius 3 is 1.04 bits per heavy atom. The largest absolute Gasteiger partial charge is 0.397 e. The fourth-order valence-electron chi connectivity index (χ4n) is 5.35. The van der Waals surface area contributed by atoms with Crippen LogP contribution in [-0.4, -0.2) is 180 Å². The molecule has 15 atom stereocenters. The van der Waals surface area contributed by atoms with Crippen LogP contribution in [0.5, 0.6) is 0 Å². The summed E-state index contributed by atoms with van der Waals surface area (Å²) in [5.74, 6) is 0. The maximum atomic E-state index is 12.1. The molecule has 0 aromatic carbocycles. The van der Waals surface area contributed by atoms with Crippen molar-refractivity contribution in [3.05, 3.63) is 0 Å². The number of aliphatic hydroxyl groups is 2. The normalized spacial score (nSPS) is 38.8. The zero-order chi connectivity index (χ0) is 42.4. The van der Waals surface area contributed by atoms with Crippen molar-refractivity contribution >= 4 is 62.4 Å². The van der Waals surface area contributed by atoms with E-state index in [1.807, 2.05) is 0 Å². The van der Waals surface area contributed by atoms with E-state index in [1.54, 1.807) is 0 Å². The van der Waals surface area contributed by atoms with Crippen LogP contribution < -0.4 is 0 Å². The molecule has 3 aliphatic heterocycles. The second kappa shape index (κ2) is 17.3. The molecule has 326 valence electrons. The van der Waals surface area contributed by atoms with E-state index in [9.17, 15) is 83.5 Å². The van der Waals surface area contributed by atoms with E-state index >= 15 is 0 Å². The molecule has 0 aromatic rings. The first kappa shape index (κ1) is 48.3. The maximum Gasteiger partial charge on any atom is 0.397 e. The molecule has 0 aliphatic carbocycles. The second-order valence-corrected chi connectivity index (χ2v) is 17.6. The third kappa shape index (κ3) is 14.6. The fraction of sp³-hybridized carbons (Fsp3) is 1.00. The third-order valence-corrected chi connectivity index (χ3v) is 10.00. The summed E-state index contributed by atoms with van der Waals surface area (Å²) in [6.07, 6.45) is -37.3. The molecule has 3 heterocycles. The van der Waals surface area contributed by atoms with Gasteiger partial charge in [-0.25, -0.2) is 25.1 Å². The van der Waals surface area contributed by atoms with Crippen molar-refractivity contribution in [2.24, 2.45) is 0 Å². The molecule has 55 heavy (non-hydrogen) atoms. The van der Waals surface area contributed by atoms with E-state index in [0.717, 1.165) is 20.8 Å². The smallest absolute Gasteiger partial charge is 0.387 e. The molecule has 3 rings (SSSR count). The van der Waals surface area contributed by atoms with E-state index in [2.05, 4.69) is 25.1 Å². The highest BCUT2D eigenvalue weighted by atomic mass is 32.3. The Kier molecular flexibility index (Phi) is 15.2. The van der Waals surface area contributed by atoms with Crippen LogP contribution in [0.1, 0.15) is 20.8 Å². The minimum absolute atomic E-state index is 0.813. The lowest BCUT2D eigenvalue weighted by Crippen LogP contribution is -2.67. The predicted octanol–water partition coefficient (Wildman–Crippen LogP) is -5.53. The van der Waals surface area contributed by atoms with Gasteiger partial charge in [0.05, 0.1) is 18.3 Å². The molecule has 0 bridgehead atoms. The van der Waals surface area contributed by atoms with Gasteiger partial charge in [-0.2, -0.15) is 50.5 Å². The Bertz CT molecular complexity index is 1970. The molecule has 37 heteroatoms. The van der Waals surface area contributed by atoms with Gasteiger partial charge in [0.2, 0.25) is 0 Å². The van der Waals surface area contributed by atoms with Crippen LogP contribution in [0, 0.1) is 0 Å². The lowest BCUT2D eigenvalue weighted by atomic mass is 9.96. The highest BCUT2D eigenvalue weighted by Gasteiger charge is 2.58. The first-order valence-corrected chi connectivity index (χ1v) is 22.3. The lowest BCUT2D eigenvalue weighted by Gasteiger charge is -2.49. The van der Waals surface area contributed by atoms with Gasteiger partial charge in [-0.15, -0.1) is 0 Å². The quantitative estimate of drug-likeness (QED) is 0.0669. The lowest BCUT2D eigenvalue weighted by molar-refractivity contribution is -0.364. The van der Waals surface area contributed by atoms with E-state index in [0.29, 0.717) is 0 Å². The molecular formula is C18H32O31S6. The van der Waals surface area contributed by atoms with E-state index < -0.39 is 155 Å². The summed E-state index contributed by atoms with van der Waals surface area (Å²) in [6, 6.07) is 0. The minimum atomic E-state index is -5.94. The van der Waals surface area contributed by atoms with Crippen molar-refractivity contribution in [1.82, 2.24) is 0 Å². The van der Waals surface area contributed by atoms with E-state index in [1.165, 1.54) is 0 Å². The van der Waals surface area contributed by atoms with Gasteiger partial charge >= 0.3 is 62.4 Å². The minimum Gasteiger partial charge on any atom is -0.387 e. The Hall–Kier alpha value is -1.06. The van der Waals surface area contributed by atoms with Crippen LogP contribution in [0.3, 0.4) is 0 Å². The molecule has 0 spiro atoms. The third-order valence-electron chi connectivity index (χ3n) is 7.20. The van der Waals surface area contributed by atoms with Crippen molar-refractivity contribution in [3.8, 4) is 0 Å². The van der Waals surface area contributed by atoms with Crippen LogP contribution in [0.15, 0.2) is 0 Å². The number of rotatable bonds is 16. The SMILES string of the molecule is C[C@@H]1O[C@@H](O[C@H]2[C@H](OS(=O)(=O)O)[C@H](O[C@@H]3[C@H](OS(=O)(=O)O)[C@H](C)O[C@@H](O)[C@H]3OS(=O)(=O)O)O[C@@H](C)[C@H]2OS(=O)(=O)O)[C@@H](OS(=O)(=O)O)[C@H](O)[C@@H]1OS(=O)(=O)O. The number of ether oxygens (including phenoxy) is 5. The zero-order valence-corrected chi connectivity index (χ0v) is 32.0. The maximum absolute atomic E-state index is 12.1. The van der Waals surface area contributed by atoms with Crippen molar-refractivity contribution in [1.29, 1.82) is 0 Å². The highest BCUT2D eigenvalue weighted by Crippen LogP contribution is 2.38. The van der Waals surface area contributed by atoms with Gasteiger partial charge in [0.25, 0.3) is 0 Å². The first-order chi connectivity index (χ1) is 24.5. The number of hydrogen-bond donors (Lipinski definition) is 8. The first-order valence-electron chi connectivity index (χ1n) is 14.1. The van der Waals surface area contributed by atoms with Crippen molar-refractivity contribution in [2.45, 2.75) is 113 Å². The topological polar surface area (TPSA) is 468 Å². The summed E-state index contributed by atoms with van der Waals surface area (Å²) in [4.78, 5) is 0. The molecule has 8 N–H and O–H groups in total. The Labute approximate surface area is 311 Å². The molecule has 0 unspecified atom stereocenters. The average molecular weight is 937 g/mol. The van der Waals surface area contributed by atoms with Gasteiger partial charge in [-0.05, 0) is 20.8 Å². The van der Waals surface area contributed by atoms with Crippen molar-refractivity contribution in [3.63, 3.8) is 0 Å². The average Bonchev–Trinajstić information content (AvgIpc) is 2.93. The van der Waals surface area contributed by atoms with Crippen LogP contribution in [-0.2, 0) is 111 Å². The number of hydrogen-bond acceptors (Lipinski definition) is 25. The molecule has 0 saturated carbocycles. The van der Waals surface area contributed by atoms with Gasteiger partial charge in [-0.3, -0.25) is 27.3 Å². The molecule has 3 aliphatic rings. The predicted molar refractivity (Wildman–Crippen MR) is 160 cm³/mol. The molecule has 3 fully saturated rings. The van der Waals surface area contributed by atoms with E-state index in [4.69, 9.17) is 28.2 Å². The van der Waals surface area contributed by atoms with E-state index in [-0.39, 0.29) is 0 Å². The second-order valence-electron chi connectivity index (χ2n) is 11.3. The van der Waals surface area contributed by atoms with Crippen molar-refractivity contribution < 1.29 is 137 Å².